The Morgan fingerprint density at radius 2 is 1.96 bits per heavy atom. The molecule has 8 heteroatoms. The van der Waals surface area contributed by atoms with E-state index in [9.17, 15) is 22.8 Å². The van der Waals surface area contributed by atoms with Crippen molar-refractivity contribution in [2.24, 2.45) is 10.8 Å². The molecule has 1 saturated heterocycles. The molecule has 2 heterocycles. The number of hydrogen-bond donors (Lipinski definition) is 0. The Kier molecular flexibility index (Phi) is 3.60. The number of rotatable bonds is 1. The highest BCUT2D eigenvalue weighted by atomic mass is 19.4. The van der Waals surface area contributed by atoms with Crippen molar-refractivity contribution in [3.8, 4) is 6.07 Å². The summed E-state index contributed by atoms with van der Waals surface area (Å²) in [5, 5.41) is 9.14. The minimum atomic E-state index is -4.65. The first kappa shape index (κ1) is 17.3. The third-order valence-electron chi connectivity index (χ3n) is 4.62. The van der Waals surface area contributed by atoms with Gasteiger partial charge in [0.1, 0.15) is 6.07 Å². The van der Waals surface area contributed by atoms with Gasteiger partial charge in [-0.3, -0.25) is 9.59 Å². The highest BCUT2D eigenvalue weighted by Crippen LogP contribution is 2.48. The molecule has 1 amide bonds. The number of nitriles is 1. The quantitative estimate of drug-likeness (QED) is 0.778. The van der Waals surface area contributed by atoms with E-state index in [2.05, 4.69) is 4.42 Å². The summed E-state index contributed by atoms with van der Waals surface area (Å²) < 4.78 is 42.3. The molecule has 132 valence electrons. The summed E-state index contributed by atoms with van der Waals surface area (Å²) in [6, 6.07) is 3.62. The van der Waals surface area contributed by atoms with Gasteiger partial charge in [0.15, 0.2) is 11.5 Å². The Morgan fingerprint density at radius 3 is 2.48 bits per heavy atom. The maximum absolute atomic E-state index is 12.6. The van der Waals surface area contributed by atoms with Gasteiger partial charge in [0.05, 0.1) is 5.57 Å². The Balaban J connectivity index is 1.77. The van der Waals surface area contributed by atoms with Crippen molar-refractivity contribution < 1.29 is 27.2 Å². The number of likely N-dealkylation sites (tertiary alicyclic amines) is 1. The number of furan rings is 1. The molecular formula is C17H15F3N2O3. The van der Waals surface area contributed by atoms with Crippen molar-refractivity contribution >= 4 is 11.7 Å². The van der Waals surface area contributed by atoms with Gasteiger partial charge in [0.2, 0.25) is 5.76 Å². The van der Waals surface area contributed by atoms with E-state index in [1.165, 1.54) is 4.90 Å². The molecule has 1 aromatic heterocycles. The average Bonchev–Trinajstić information content (AvgIpc) is 2.96. The van der Waals surface area contributed by atoms with Crippen LogP contribution in [0.5, 0.6) is 0 Å². The summed E-state index contributed by atoms with van der Waals surface area (Å²) in [6.07, 6.45) is -2.58. The van der Waals surface area contributed by atoms with Gasteiger partial charge in [-0.25, -0.2) is 0 Å². The molecule has 5 nitrogen and oxygen atoms in total. The molecule has 1 fully saturated rings. The third-order valence-corrected chi connectivity index (χ3v) is 4.62. The monoisotopic (exact) mass is 352 g/mol. The molecule has 2 aliphatic rings. The van der Waals surface area contributed by atoms with Crippen LogP contribution in [0.25, 0.3) is 0 Å². The van der Waals surface area contributed by atoms with Crippen LogP contribution in [0.4, 0.5) is 13.2 Å². The molecule has 0 saturated carbocycles. The van der Waals surface area contributed by atoms with E-state index >= 15 is 0 Å². The van der Waals surface area contributed by atoms with Crippen LogP contribution in [0.3, 0.4) is 0 Å². The summed E-state index contributed by atoms with van der Waals surface area (Å²) >= 11 is 0. The number of allylic oxidation sites excluding steroid dienone is 1. The number of halogens is 3. The second-order valence-electron chi connectivity index (χ2n) is 7.24. The summed E-state index contributed by atoms with van der Waals surface area (Å²) in [4.78, 5) is 25.8. The number of Topliss-reactive ketones (excluding diaryl/α,β-unsaturated/α-hetero) is 1. The fourth-order valence-corrected chi connectivity index (χ4v) is 3.65. The standard InChI is InChI=1S/C17H15F3N2O3/c1-15(2)7-16(5-10(6-21)13(15)23)8-22(9-16)14(24)11-3-4-12(25-11)17(18,19)20/h3-5H,7-9H2,1-2H3. The van der Waals surface area contributed by atoms with Crippen molar-refractivity contribution in [1.29, 1.82) is 5.26 Å². The number of hydrogen-bond acceptors (Lipinski definition) is 4. The molecular weight excluding hydrogens is 337 g/mol. The highest BCUT2D eigenvalue weighted by Gasteiger charge is 2.52. The van der Waals surface area contributed by atoms with Gasteiger partial charge in [-0.15, -0.1) is 0 Å². The van der Waals surface area contributed by atoms with Crippen LogP contribution < -0.4 is 0 Å². The zero-order valence-electron chi connectivity index (χ0n) is 13.6. The van der Waals surface area contributed by atoms with E-state index < -0.39 is 28.7 Å². The van der Waals surface area contributed by atoms with E-state index in [1.807, 2.05) is 6.07 Å². The molecule has 0 unspecified atom stereocenters. The SMILES string of the molecule is CC1(C)CC2(C=C(C#N)C1=O)CN(C(=O)c1ccc(C(F)(F)F)o1)C2. The topological polar surface area (TPSA) is 74.3 Å². The highest BCUT2D eigenvalue weighted by molar-refractivity contribution is 6.04. The predicted octanol–water partition coefficient (Wildman–Crippen LogP) is 3.19. The van der Waals surface area contributed by atoms with Crippen LogP contribution in [0.15, 0.2) is 28.2 Å². The van der Waals surface area contributed by atoms with Crippen LogP contribution >= 0.6 is 0 Å². The molecule has 0 N–H and O–H groups in total. The molecule has 1 aliphatic carbocycles. The van der Waals surface area contributed by atoms with Gasteiger partial charge in [-0.2, -0.15) is 18.4 Å². The molecule has 0 bridgehead atoms. The lowest BCUT2D eigenvalue weighted by Gasteiger charge is -2.52. The Hall–Kier alpha value is -2.56. The maximum atomic E-state index is 12.6. The Morgan fingerprint density at radius 1 is 1.32 bits per heavy atom. The molecule has 0 radical (unpaired) electrons. The largest absolute Gasteiger partial charge is 0.449 e. The third kappa shape index (κ3) is 2.84. The van der Waals surface area contributed by atoms with Gasteiger partial charge in [-0.1, -0.05) is 19.9 Å². The van der Waals surface area contributed by atoms with Gasteiger partial charge in [-0.05, 0) is 18.6 Å². The van der Waals surface area contributed by atoms with Gasteiger partial charge >= 0.3 is 6.18 Å². The van der Waals surface area contributed by atoms with Crippen LogP contribution in [-0.2, 0) is 11.0 Å². The second kappa shape index (κ2) is 5.22. The van der Waals surface area contributed by atoms with E-state index in [-0.39, 0.29) is 30.2 Å². The molecule has 1 spiro atoms. The number of amides is 1. The number of nitrogens with zero attached hydrogens (tertiary/aromatic N) is 2. The van der Waals surface area contributed by atoms with E-state index in [4.69, 9.17) is 5.26 Å². The summed E-state index contributed by atoms with van der Waals surface area (Å²) in [5.74, 6) is -2.46. The minimum Gasteiger partial charge on any atom is -0.446 e. The zero-order chi connectivity index (χ0) is 18.6. The molecule has 1 aliphatic heterocycles. The van der Waals surface area contributed by atoms with Crippen molar-refractivity contribution in [3.63, 3.8) is 0 Å². The zero-order valence-corrected chi connectivity index (χ0v) is 13.6. The van der Waals surface area contributed by atoms with E-state index in [0.29, 0.717) is 6.42 Å². The minimum absolute atomic E-state index is 0.0701. The summed E-state index contributed by atoms with van der Waals surface area (Å²) in [6.45, 7) is 3.95. The van der Waals surface area contributed by atoms with Crippen LogP contribution in [0.1, 0.15) is 36.6 Å². The first-order valence-corrected chi connectivity index (χ1v) is 7.62. The number of ketones is 1. The van der Waals surface area contributed by atoms with Crippen molar-refractivity contribution in [1.82, 2.24) is 4.90 Å². The van der Waals surface area contributed by atoms with Gasteiger partial charge in [0.25, 0.3) is 5.91 Å². The molecule has 0 aromatic carbocycles. The Bertz CT molecular complexity index is 821. The fraction of sp³-hybridized carbons (Fsp3) is 0.471. The predicted molar refractivity (Wildman–Crippen MR) is 79.1 cm³/mol. The lowest BCUT2D eigenvalue weighted by Crippen LogP contribution is -2.60. The summed E-state index contributed by atoms with van der Waals surface area (Å²) in [7, 11) is 0. The van der Waals surface area contributed by atoms with Crippen molar-refractivity contribution in [2.45, 2.75) is 26.4 Å². The van der Waals surface area contributed by atoms with Crippen LogP contribution in [0.2, 0.25) is 0 Å². The number of carbonyl (C=O) groups is 2. The first-order chi connectivity index (χ1) is 11.5. The van der Waals surface area contributed by atoms with E-state index in [1.54, 1.807) is 19.9 Å². The Labute approximate surface area is 141 Å². The smallest absolute Gasteiger partial charge is 0.446 e. The lowest BCUT2D eigenvalue weighted by molar-refractivity contribution is -0.153. The second-order valence-corrected chi connectivity index (χ2v) is 7.24. The van der Waals surface area contributed by atoms with Crippen molar-refractivity contribution in [2.75, 3.05) is 13.1 Å². The average molecular weight is 352 g/mol. The molecule has 25 heavy (non-hydrogen) atoms. The van der Waals surface area contributed by atoms with E-state index in [0.717, 1.165) is 12.1 Å². The van der Waals surface area contributed by atoms with Crippen molar-refractivity contribution in [3.05, 3.63) is 35.3 Å². The lowest BCUT2D eigenvalue weighted by atomic mass is 9.61. The first-order valence-electron chi connectivity index (χ1n) is 7.62. The molecule has 0 atom stereocenters. The number of alkyl halides is 3. The molecule has 3 rings (SSSR count). The van der Waals surface area contributed by atoms with Crippen LogP contribution in [0, 0.1) is 22.2 Å². The summed E-state index contributed by atoms with van der Waals surface area (Å²) in [5.41, 5.74) is -1.15. The van der Waals surface area contributed by atoms with Crippen LogP contribution in [-0.4, -0.2) is 29.7 Å². The van der Waals surface area contributed by atoms with Gasteiger partial charge < -0.3 is 9.32 Å². The maximum Gasteiger partial charge on any atom is 0.449 e. The normalized spacial score (nSPS) is 21.5. The number of carbonyl (C=O) groups excluding carboxylic acids is 2. The fourth-order valence-electron chi connectivity index (χ4n) is 3.65. The van der Waals surface area contributed by atoms with Gasteiger partial charge in [0, 0.05) is 23.9 Å². The molecule has 1 aromatic rings.